The highest BCUT2D eigenvalue weighted by molar-refractivity contribution is 5.85. The molecular formula is C23H31FN4O2. The number of benzene rings is 1. The molecule has 6 nitrogen and oxygen atoms in total. The van der Waals surface area contributed by atoms with E-state index in [2.05, 4.69) is 20.5 Å². The lowest BCUT2D eigenvalue weighted by Crippen LogP contribution is -2.33. The Balaban J connectivity index is 1.55. The lowest BCUT2D eigenvalue weighted by Gasteiger charge is -2.26. The number of amides is 1. The molecule has 0 aliphatic carbocycles. The lowest BCUT2D eigenvalue weighted by atomic mass is 10.1. The largest absolute Gasteiger partial charge is 0.444 e. The zero-order valence-corrected chi connectivity index (χ0v) is 18.0. The number of hydrogen-bond acceptors (Lipinski definition) is 5. The molecule has 1 aliphatic rings. The average Bonchev–Trinajstić information content (AvgIpc) is 2.69. The highest BCUT2D eigenvalue weighted by Gasteiger charge is 2.17. The zero-order chi connectivity index (χ0) is 21.6. The predicted molar refractivity (Wildman–Crippen MR) is 118 cm³/mol. The molecule has 3 rings (SSSR count). The summed E-state index contributed by atoms with van der Waals surface area (Å²) in [6, 6.07) is 8.46. The first-order chi connectivity index (χ1) is 14.3. The summed E-state index contributed by atoms with van der Waals surface area (Å²) in [5, 5.41) is 5.78. The number of carbonyl (C=O) groups excluding carboxylic acids is 1. The number of halogens is 1. The third-order valence-corrected chi connectivity index (χ3v) is 4.88. The summed E-state index contributed by atoms with van der Waals surface area (Å²) in [6.45, 7) is 9.49. The van der Waals surface area contributed by atoms with Gasteiger partial charge in [0.15, 0.2) is 0 Å². The van der Waals surface area contributed by atoms with E-state index in [1.165, 1.54) is 44.5 Å². The second-order valence-corrected chi connectivity index (χ2v) is 8.58. The number of ether oxygens (including phenoxy) is 1. The molecule has 1 fully saturated rings. The van der Waals surface area contributed by atoms with Crippen LogP contribution in [-0.2, 0) is 4.74 Å². The Bertz CT molecular complexity index is 843. The van der Waals surface area contributed by atoms with Gasteiger partial charge in [-0.2, -0.15) is 0 Å². The van der Waals surface area contributed by atoms with E-state index in [1.54, 1.807) is 33.0 Å². The molecule has 1 aromatic heterocycles. The summed E-state index contributed by atoms with van der Waals surface area (Å²) in [4.78, 5) is 18.7. The van der Waals surface area contributed by atoms with Crippen LogP contribution in [0.5, 0.6) is 0 Å². The maximum absolute atomic E-state index is 14.4. The van der Waals surface area contributed by atoms with Gasteiger partial charge in [-0.05, 0) is 76.5 Å². The first kappa shape index (κ1) is 22.0. The van der Waals surface area contributed by atoms with E-state index in [1.807, 2.05) is 12.1 Å². The van der Waals surface area contributed by atoms with Crippen LogP contribution in [0.3, 0.4) is 0 Å². The fraction of sp³-hybridized carbons (Fsp3) is 0.478. The van der Waals surface area contributed by atoms with Crippen LogP contribution in [0.15, 0.2) is 36.5 Å². The molecule has 0 spiro atoms. The van der Waals surface area contributed by atoms with Crippen molar-refractivity contribution in [1.29, 1.82) is 0 Å². The van der Waals surface area contributed by atoms with E-state index in [-0.39, 0.29) is 5.69 Å². The van der Waals surface area contributed by atoms with E-state index in [0.717, 1.165) is 24.5 Å². The minimum atomic E-state index is -0.684. The van der Waals surface area contributed by atoms with Crippen LogP contribution in [0, 0.1) is 5.82 Å². The van der Waals surface area contributed by atoms with Crippen LogP contribution in [0.2, 0.25) is 0 Å². The molecule has 1 aromatic carbocycles. The number of pyridine rings is 1. The number of nitrogens with zero attached hydrogens (tertiary/aromatic N) is 2. The summed E-state index contributed by atoms with van der Waals surface area (Å²) in [6.07, 6.45) is 4.95. The number of rotatable bonds is 6. The van der Waals surface area contributed by atoms with Crippen molar-refractivity contribution in [2.45, 2.75) is 45.6 Å². The lowest BCUT2D eigenvalue weighted by molar-refractivity contribution is 0.0635. The van der Waals surface area contributed by atoms with E-state index in [9.17, 15) is 9.18 Å². The molecule has 2 N–H and O–H groups in total. The fourth-order valence-corrected chi connectivity index (χ4v) is 3.40. The minimum absolute atomic E-state index is 0.0805. The molecule has 2 aromatic rings. The average molecular weight is 415 g/mol. The molecule has 1 aliphatic heterocycles. The van der Waals surface area contributed by atoms with Crippen molar-refractivity contribution in [3.8, 4) is 11.1 Å². The standard InChI is InChI=1S/C23H31FN4O2/c1-23(2,3)30-22(29)27-20-9-7-17(15-19(20)24)18-8-10-21(26-16-18)25-11-14-28-12-5-4-6-13-28/h7-10,15-16H,4-6,11-14H2,1-3H3,(H,25,26)(H,27,29). The summed E-state index contributed by atoms with van der Waals surface area (Å²) >= 11 is 0. The quantitative estimate of drug-likeness (QED) is 0.686. The van der Waals surface area contributed by atoms with Gasteiger partial charge < -0.3 is 15.0 Å². The van der Waals surface area contributed by atoms with Crippen molar-refractivity contribution >= 4 is 17.6 Å². The van der Waals surface area contributed by atoms with Crippen molar-refractivity contribution in [1.82, 2.24) is 9.88 Å². The number of piperidine rings is 1. The number of nitrogens with one attached hydrogen (secondary N) is 2. The van der Waals surface area contributed by atoms with Gasteiger partial charge in [0, 0.05) is 24.8 Å². The second kappa shape index (κ2) is 9.89. The summed E-state index contributed by atoms with van der Waals surface area (Å²) in [5.74, 6) is 0.279. The van der Waals surface area contributed by atoms with Crippen LogP contribution in [-0.4, -0.2) is 47.8 Å². The third kappa shape index (κ3) is 6.69. The summed E-state index contributed by atoms with van der Waals surface area (Å²) in [7, 11) is 0. The van der Waals surface area contributed by atoms with Crippen LogP contribution >= 0.6 is 0 Å². The Morgan fingerprint density at radius 3 is 2.50 bits per heavy atom. The van der Waals surface area contributed by atoms with Crippen molar-refractivity contribution in [3.63, 3.8) is 0 Å². The molecule has 162 valence electrons. The van der Waals surface area contributed by atoms with E-state index in [0.29, 0.717) is 5.56 Å². The Hall–Kier alpha value is -2.67. The van der Waals surface area contributed by atoms with Crippen LogP contribution < -0.4 is 10.6 Å². The van der Waals surface area contributed by atoms with Gasteiger partial charge in [0.05, 0.1) is 5.69 Å². The molecule has 1 amide bonds. The molecule has 0 bridgehead atoms. The SMILES string of the molecule is CC(C)(C)OC(=O)Nc1ccc(-c2ccc(NCCN3CCCCC3)nc2)cc1F. The maximum atomic E-state index is 14.4. The van der Waals surface area contributed by atoms with E-state index < -0.39 is 17.5 Å². The molecule has 0 radical (unpaired) electrons. The topological polar surface area (TPSA) is 66.5 Å². The summed E-state index contributed by atoms with van der Waals surface area (Å²) < 4.78 is 19.6. The Labute approximate surface area is 177 Å². The van der Waals surface area contributed by atoms with Gasteiger partial charge in [0.2, 0.25) is 0 Å². The first-order valence-electron chi connectivity index (χ1n) is 10.5. The zero-order valence-electron chi connectivity index (χ0n) is 18.0. The highest BCUT2D eigenvalue weighted by Crippen LogP contribution is 2.25. The summed E-state index contributed by atoms with van der Waals surface area (Å²) in [5.41, 5.74) is 0.932. The van der Waals surface area contributed by atoms with Crippen LogP contribution in [0.1, 0.15) is 40.0 Å². The molecule has 30 heavy (non-hydrogen) atoms. The van der Waals surface area contributed by atoms with Gasteiger partial charge in [-0.1, -0.05) is 12.5 Å². The number of carbonyl (C=O) groups is 1. The van der Waals surface area contributed by atoms with Gasteiger partial charge in [-0.3, -0.25) is 5.32 Å². The van der Waals surface area contributed by atoms with Gasteiger partial charge in [-0.15, -0.1) is 0 Å². The minimum Gasteiger partial charge on any atom is -0.444 e. The molecule has 1 saturated heterocycles. The Morgan fingerprint density at radius 1 is 1.13 bits per heavy atom. The molecule has 0 unspecified atom stereocenters. The number of anilines is 2. The van der Waals surface area contributed by atoms with Crippen LogP contribution in [0.25, 0.3) is 11.1 Å². The van der Waals surface area contributed by atoms with Gasteiger partial charge >= 0.3 is 6.09 Å². The molecule has 7 heteroatoms. The third-order valence-electron chi connectivity index (χ3n) is 4.88. The van der Waals surface area contributed by atoms with Crippen molar-refractivity contribution in [2.24, 2.45) is 0 Å². The van der Waals surface area contributed by atoms with E-state index >= 15 is 0 Å². The van der Waals surface area contributed by atoms with Crippen molar-refractivity contribution in [3.05, 3.63) is 42.3 Å². The highest BCUT2D eigenvalue weighted by atomic mass is 19.1. The molecular weight excluding hydrogens is 383 g/mol. The number of aromatic nitrogens is 1. The normalized spacial score (nSPS) is 14.9. The molecule has 0 atom stereocenters. The fourth-order valence-electron chi connectivity index (χ4n) is 3.40. The Morgan fingerprint density at radius 2 is 1.87 bits per heavy atom. The number of likely N-dealkylation sites (tertiary alicyclic amines) is 1. The van der Waals surface area contributed by atoms with Crippen molar-refractivity contribution < 1.29 is 13.9 Å². The monoisotopic (exact) mass is 414 g/mol. The van der Waals surface area contributed by atoms with Crippen LogP contribution in [0.4, 0.5) is 20.7 Å². The first-order valence-corrected chi connectivity index (χ1v) is 10.5. The molecule has 2 heterocycles. The predicted octanol–water partition coefficient (Wildman–Crippen LogP) is 5.13. The smallest absolute Gasteiger partial charge is 0.412 e. The van der Waals surface area contributed by atoms with Gasteiger partial charge in [0.25, 0.3) is 0 Å². The maximum Gasteiger partial charge on any atom is 0.412 e. The Kier molecular flexibility index (Phi) is 7.26. The van der Waals surface area contributed by atoms with Gasteiger partial charge in [-0.25, -0.2) is 14.2 Å². The van der Waals surface area contributed by atoms with Gasteiger partial charge in [0.1, 0.15) is 17.2 Å². The number of hydrogen-bond donors (Lipinski definition) is 2. The van der Waals surface area contributed by atoms with E-state index in [4.69, 9.17) is 4.74 Å². The second-order valence-electron chi connectivity index (χ2n) is 8.58. The van der Waals surface area contributed by atoms with Crippen molar-refractivity contribution in [2.75, 3.05) is 36.8 Å². The molecule has 0 saturated carbocycles.